The lowest BCUT2D eigenvalue weighted by Gasteiger charge is -2.35. The normalized spacial score (nSPS) is 19.2. The summed E-state index contributed by atoms with van der Waals surface area (Å²) in [6, 6.07) is 5.30. The summed E-state index contributed by atoms with van der Waals surface area (Å²) in [5.41, 5.74) is 1.75. The van der Waals surface area contributed by atoms with E-state index in [1.807, 2.05) is 13.0 Å². The van der Waals surface area contributed by atoms with Gasteiger partial charge in [-0.2, -0.15) is 4.31 Å². The number of thioether (sulfide) groups is 1. The first kappa shape index (κ1) is 19.2. The fourth-order valence-electron chi connectivity index (χ4n) is 3.24. The molecule has 0 atom stereocenters. The van der Waals surface area contributed by atoms with Crippen LogP contribution in [0.2, 0.25) is 0 Å². The van der Waals surface area contributed by atoms with Crippen LogP contribution in [-0.4, -0.2) is 78.7 Å². The molecule has 2 amide bonds. The number of aryl methyl sites for hydroxylation is 2. The molecule has 1 aromatic carbocycles. The summed E-state index contributed by atoms with van der Waals surface area (Å²) in [5.74, 6) is 0.595. The number of amides is 2. The standard InChI is InChI=1S/C17H23N3O4S2/c1-13-3-4-15(14(2)11-13)26(23,24)20-7-5-18(6-8-20)16(21)12-19-9-10-25-17(19)22/h3-4,11H,5-10,12H2,1-2H3. The lowest BCUT2D eigenvalue weighted by molar-refractivity contribution is -0.132. The smallest absolute Gasteiger partial charge is 0.282 e. The van der Waals surface area contributed by atoms with E-state index in [1.165, 1.54) is 16.1 Å². The van der Waals surface area contributed by atoms with Crippen molar-refractivity contribution in [1.82, 2.24) is 14.1 Å². The number of nitrogens with zero attached hydrogens (tertiary/aromatic N) is 3. The molecule has 7 nitrogen and oxygen atoms in total. The highest BCUT2D eigenvalue weighted by atomic mass is 32.2. The second-order valence-electron chi connectivity index (χ2n) is 6.59. The van der Waals surface area contributed by atoms with E-state index in [0.717, 1.165) is 11.1 Å². The van der Waals surface area contributed by atoms with E-state index < -0.39 is 10.0 Å². The van der Waals surface area contributed by atoms with Gasteiger partial charge in [-0.1, -0.05) is 29.5 Å². The summed E-state index contributed by atoms with van der Waals surface area (Å²) in [5, 5.41) is -0.0607. The molecule has 2 fully saturated rings. The number of hydrogen-bond acceptors (Lipinski definition) is 5. The van der Waals surface area contributed by atoms with Crippen LogP contribution in [0.25, 0.3) is 0 Å². The van der Waals surface area contributed by atoms with E-state index in [0.29, 0.717) is 30.3 Å². The van der Waals surface area contributed by atoms with Crippen molar-refractivity contribution in [3.05, 3.63) is 29.3 Å². The molecule has 0 unspecified atom stereocenters. The van der Waals surface area contributed by atoms with Gasteiger partial charge >= 0.3 is 0 Å². The van der Waals surface area contributed by atoms with Gasteiger partial charge < -0.3 is 9.80 Å². The van der Waals surface area contributed by atoms with Gasteiger partial charge in [-0.25, -0.2) is 8.42 Å². The van der Waals surface area contributed by atoms with Crippen LogP contribution in [0.4, 0.5) is 4.79 Å². The van der Waals surface area contributed by atoms with Crippen molar-refractivity contribution in [3.63, 3.8) is 0 Å². The number of carbonyl (C=O) groups excluding carboxylic acids is 2. The van der Waals surface area contributed by atoms with Crippen molar-refractivity contribution in [2.75, 3.05) is 45.0 Å². The molecule has 2 aliphatic heterocycles. The Labute approximate surface area is 158 Å². The molecule has 26 heavy (non-hydrogen) atoms. The molecule has 0 N–H and O–H groups in total. The zero-order valence-electron chi connectivity index (χ0n) is 15.0. The van der Waals surface area contributed by atoms with Crippen molar-refractivity contribution < 1.29 is 18.0 Å². The van der Waals surface area contributed by atoms with Crippen molar-refractivity contribution in [1.29, 1.82) is 0 Å². The molecule has 9 heteroatoms. The first-order valence-corrected chi connectivity index (χ1v) is 11.0. The van der Waals surface area contributed by atoms with E-state index in [2.05, 4.69) is 0 Å². The first-order chi connectivity index (χ1) is 12.3. The molecular formula is C17H23N3O4S2. The van der Waals surface area contributed by atoms with Crippen LogP contribution < -0.4 is 0 Å². The Hall–Kier alpha value is -1.58. The minimum Gasteiger partial charge on any atom is -0.339 e. The summed E-state index contributed by atoms with van der Waals surface area (Å²) >= 11 is 1.23. The summed E-state index contributed by atoms with van der Waals surface area (Å²) in [7, 11) is -3.56. The van der Waals surface area contributed by atoms with Gasteiger partial charge in [0.1, 0.15) is 6.54 Å². The van der Waals surface area contributed by atoms with Crippen molar-refractivity contribution >= 4 is 32.9 Å². The Kier molecular flexibility index (Phi) is 5.59. The maximum atomic E-state index is 12.9. The molecule has 142 valence electrons. The van der Waals surface area contributed by atoms with Crippen molar-refractivity contribution in [3.8, 4) is 0 Å². The summed E-state index contributed by atoms with van der Waals surface area (Å²) < 4.78 is 27.2. The fraction of sp³-hybridized carbons (Fsp3) is 0.529. The van der Waals surface area contributed by atoms with Gasteiger partial charge in [-0.3, -0.25) is 9.59 Å². The molecule has 0 saturated carbocycles. The fourth-order valence-corrected chi connectivity index (χ4v) is 5.69. The number of sulfonamides is 1. The molecule has 0 radical (unpaired) electrons. The number of carbonyl (C=O) groups is 2. The van der Waals surface area contributed by atoms with E-state index in [-0.39, 0.29) is 30.8 Å². The molecule has 2 aliphatic rings. The van der Waals surface area contributed by atoms with Gasteiger partial charge in [0.15, 0.2) is 0 Å². The molecule has 1 aromatic rings. The first-order valence-electron chi connectivity index (χ1n) is 8.56. The van der Waals surface area contributed by atoms with Crippen LogP contribution in [0.15, 0.2) is 23.1 Å². The average molecular weight is 398 g/mol. The van der Waals surface area contributed by atoms with E-state index in [9.17, 15) is 18.0 Å². The summed E-state index contributed by atoms with van der Waals surface area (Å²) in [4.78, 5) is 27.5. The summed E-state index contributed by atoms with van der Waals surface area (Å²) in [6.07, 6.45) is 0. The van der Waals surface area contributed by atoms with Gasteiger partial charge in [0.2, 0.25) is 15.9 Å². The number of rotatable bonds is 4. The highest BCUT2D eigenvalue weighted by molar-refractivity contribution is 8.13. The lowest BCUT2D eigenvalue weighted by atomic mass is 10.2. The predicted octanol–water partition coefficient (Wildman–Crippen LogP) is 1.31. The van der Waals surface area contributed by atoms with E-state index in [4.69, 9.17) is 0 Å². The van der Waals surface area contributed by atoms with Gasteiger partial charge in [0.25, 0.3) is 5.24 Å². The lowest BCUT2D eigenvalue weighted by Crippen LogP contribution is -2.52. The van der Waals surface area contributed by atoms with Crippen LogP contribution in [0.5, 0.6) is 0 Å². The molecular weight excluding hydrogens is 374 g/mol. The molecule has 0 aromatic heterocycles. The topological polar surface area (TPSA) is 78.0 Å². The third kappa shape index (κ3) is 3.89. The van der Waals surface area contributed by atoms with Crippen LogP contribution in [0.3, 0.4) is 0 Å². The number of piperazine rings is 1. The minimum absolute atomic E-state index is 0.0607. The van der Waals surface area contributed by atoms with Crippen molar-refractivity contribution in [2.45, 2.75) is 18.7 Å². The Morgan fingerprint density at radius 2 is 1.81 bits per heavy atom. The molecule has 2 saturated heterocycles. The monoisotopic (exact) mass is 397 g/mol. The predicted molar refractivity (Wildman–Crippen MR) is 101 cm³/mol. The Morgan fingerprint density at radius 3 is 2.38 bits per heavy atom. The third-order valence-corrected chi connectivity index (χ3v) is 7.66. The number of benzene rings is 1. The zero-order chi connectivity index (χ0) is 18.9. The Balaban J connectivity index is 1.62. The molecule has 3 rings (SSSR count). The summed E-state index contributed by atoms with van der Waals surface area (Å²) in [6.45, 7) is 5.62. The average Bonchev–Trinajstić information content (AvgIpc) is 2.99. The minimum atomic E-state index is -3.56. The molecule has 0 bridgehead atoms. The van der Waals surface area contributed by atoms with Gasteiger partial charge in [-0.15, -0.1) is 0 Å². The van der Waals surface area contributed by atoms with Crippen LogP contribution >= 0.6 is 11.8 Å². The van der Waals surface area contributed by atoms with E-state index >= 15 is 0 Å². The highest BCUT2D eigenvalue weighted by Gasteiger charge is 2.32. The van der Waals surface area contributed by atoms with Crippen LogP contribution in [0, 0.1) is 13.8 Å². The second kappa shape index (κ2) is 7.58. The largest absolute Gasteiger partial charge is 0.339 e. The molecule has 2 heterocycles. The SMILES string of the molecule is Cc1ccc(S(=O)(=O)N2CCN(C(=O)CN3CCSC3=O)CC2)c(C)c1. The van der Waals surface area contributed by atoms with Gasteiger partial charge in [0, 0.05) is 38.5 Å². The zero-order valence-corrected chi connectivity index (χ0v) is 16.6. The Morgan fingerprint density at radius 1 is 1.12 bits per heavy atom. The maximum Gasteiger partial charge on any atom is 0.282 e. The van der Waals surface area contributed by atoms with Crippen LogP contribution in [0.1, 0.15) is 11.1 Å². The quantitative estimate of drug-likeness (QED) is 0.765. The second-order valence-corrected chi connectivity index (χ2v) is 9.54. The highest BCUT2D eigenvalue weighted by Crippen LogP contribution is 2.22. The maximum absolute atomic E-state index is 12.9. The number of hydrogen-bond donors (Lipinski definition) is 0. The molecule has 0 aliphatic carbocycles. The van der Waals surface area contributed by atoms with Gasteiger partial charge in [-0.05, 0) is 25.5 Å². The van der Waals surface area contributed by atoms with E-state index in [1.54, 1.807) is 28.9 Å². The van der Waals surface area contributed by atoms with Crippen molar-refractivity contribution in [2.24, 2.45) is 0 Å². The molecule has 0 spiro atoms. The Bertz CT molecular complexity index is 817. The third-order valence-electron chi connectivity index (χ3n) is 4.71. The van der Waals surface area contributed by atoms with Crippen LogP contribution in [-0.2, 0) is 14.8 Å². The van der Waals surface area contributed by atoms with Gasteiger partial charge in [0.05, 0.1) is 4.90 Å².